The second kappa shape index (κ2) is 5.00. The van der Waals surface area contributed by atoms with Gasteiger partial charge in [-0.25, -0.2) is 0 Å². The first kappa shape index (κ1) is 11.0. The Kier molecular flexibility index (Phi) is 3.92. The van der Waals surface area contributed by atoms with Crippen molar-refractivity contribution in [3.05, 3.63) is 21.3 Å². The maximum atomic E-state index is 5.92. The van der Waals surface area contributed by atoms with Gasteiger partial charge >= 0.3 is 0 Å². The van der Waals surface area contributed by atoms with E-state index in [1.54, 1.807) is 11.3 Å². The highest BCUT2D eigenvalue weighted by atomic mass is 79.9. The Hall–Kier alpha value is 0.470. The van der Waals surface area contributed by atoms with Crippen LogP contribution in [0.1, 0.15) is 41.8 Å². The van der Waals surface area contributed by atoms with E-state index in [2.05, 4.69) is 22.0 Å². The molecule has 0 nitrogen and oxygen atoms in total. The second-order valence-corrected chi connectivity index (χ2v) is 6.85. The Morgan fingerprint density at radius 3 is 2.71 bits per heavy atom. The number of halogens is 2. The predicted molar refractivity (Wildman–Crippen MR) is 67.6 cm³/mol. The van der Waals surface area contributed by atoms with E-state index in [0.717, 1.165) is 10.3 Å². The standard InChI is InChI=1S/C11H14BrClS/c12-9(7-8-3-1-2-4-8)10-5-6-11(13)14-10/h5-6,8-9H,1-4,7H2. The zero-order chi connectivity index (χ0) is 9.97. The third-order valence-electron chi connectivity index (χ3n) is 2.92. The average Bonchev–Trinajstić information content (AvgIpc) is 2.75. The van der Waals surface area contributed by atoms with Crippen LogP contribution in [0.4, 0.5) is 0 Å². The van der Waals surface area contributed by atoms with Crippen LogP contribution >= 0.6 is 38.9 Å². The van der Waals surface area contributed by atoms with Crippen LogP contribution in [0.3, 0.4) is 0 Å². The molecule has 2 rings (SSSR count). The van der Waals surface area contributed by atoms with Crippen molar-refractivity contribution >= 4 is 38.9 Å². The van der Waals surface area contributed by atoms with Crippen molar-refractivity contribution in [1.82, 2.24) is 0 Å². The van der Waals surface area contributed by atoms with Gasteiger partial charge in [0.2, 0.25) is 0 Å². The zero-order valence-electron chi connectivity index (χ0n) is 8.01. The molecule has 1 unspecified atom stereocenters. The van der Waals surface area contributed by atoms with Gasteiger partial charge in [0.1, 0.15) is 0 Å². The molecule has 1 aliphatic carbocycles. The minimum Gasteiger partial charge on any atom is -0.127 e. The molecule has 0 saturated heterocycles. The van der Waals surface area contributed by atoms with Crippen molar-refractivity contribution in [2.24, 2.45) is 5.92 Å². The van der Waals surface area contributed by atoms with E-state index in [9.17, 15) is 0 Å². The molecule has 1 fully saturated rings. The molecule has 78 valence electrons. The molecule has 0 N–H and O–H groups in total. The van der Waals surface area contributed by atoms with Gasteiger partial charge < -0.3 is 0 Å². The lowest BCUT2D eigenvalue weighted by Gasteiger charge is -2.12. The van der Waals surface area contributed by atoms with E-state index < -0.39 is 0 Å². The third kappa shape index (κ3) is 2.74. The first-order chi connectivity index (χ1) is 6.75. The SMILES string of the molecule is Clc1ccc(C(Br)CC2CCCC2)s1. The monoisotopic (exact) mass is 292 g/mol. The van der Waals surface area contributed by atoms with E-state index in [1.165, 1.54) is 37.0 Å². The molecule has 1 heterocycles. The predicted octanol–water partition coefficient (Wildman–Crippen LogP) is 5.42. The molecule has 1 saturated carbocycles. The summed E-state index contributed by atoms with van der Waals surface area (Å²) in [6.07, 6.45) is 6.96. The van der Waals surface area contributed by atoms with Gasteiger partial charge in [0.15, 0.2) is 0 Å². The smallest absolute Gasteiger partial charge is 0.0931 e. The quantitative estimate of drug-likeness (QED) is 0.653. The Labute approximate surface area is 103 Å². The minimum atomic E-state index is 0.517. The Morgan fingerprint density at radius 2 is 2.14 bits per heavy atom. The van der Waals surface area contributed by atoms with Gasteiger partial charge in [-0.1, -0.05) is 53.2 Å². The molecule has 0 spiro atoms. The second-order valence-electron chi connectivity index (χ2n) is 4.00. The van der Waals surface area contributed by atoms with E-state index in [0.29, 0.717) is 4.83 Å². The van der Waals surface area contributed by atoms with Crippen LogP contribution < -0.4 is 0 Å². The summed E-state index contributed by atoms with van der Waals surface area (Å²) in [5.74, 6) is 0.931. The maximum Gasteiger partial charge on any atom is 0.0931 e. The van der Waals surface area contributed by atoms with Gasteiger partial charge in [-0.2, -0.15) is 0 Å². The number of thiophene rings is 1. The summed E-state index contributed by atoms with van der Waals surface area (Å²) >= 11 is 11.4. The third-order valence-corrected chi connectivity index (χ3v) is 5.43. The average molecular weight is 294 g/mol. The summed E-state index contributed by atoms with van der Waals surface area (Å²) in [5.41, 5.74) is 0. The van der Waals surface area contributed by atoms with E-state index in [4.69, 9.17) is 11.6 Å². The Morgan fingerprint density at radius 1 is 1.43 bits per heavy atom. The van der Waals surface area contributed by atoms with Crippen LogP contribution in [0, 0.1) is 5.92 Å². The van der Waals surface area contributed by atoms with E-state index >= 15 is 0 Å². The van der Waals surface area contributed by atoms with Crippen molar-refractivity contribution in [1.29, 1.82) is 0 Å². The van der Waals surface area contributed by atoms with Crippen LogP contribution in [0.15, 0.2) is 12.1 Å². The molecule has 0 aromatic carbocycles. The van der Waals surface area contributed by atoms with Gasteiger partial charge in [-0.15, -0.1) is 11.3 Å². The fraction of sp³-hybridized carbons (Fsp3) is 0.636. The number of rotatable bonds is 3. The lowest BCUT2D eigenvalue weighted by Crippen LogP contribution is -1.97. The molecule has 1 aromatic rings. The molecular formula is C11H14BrClS. The van der Waals surface area contributed by atoms with Crippen molar-refractivity contribution in [2.45, 2.75) is 36.9 Å². The number of alkyl halides is 1. The lowest BCUT2D eigenvalue weighted by atomic mass is 10.0. The van der Waals surface area contributed by atoms with Crippen LogP contribution in [-0.4, -0.2) is 0 Å². The molecule has 0 amide bonds. The highest BCUT2D eigenvalue weighted by Gasteiger charge is 2.20. The van der Waals surface area contributed by atoms with Gasteiger partial charge in [0.25, 0.3) is 0 Å². The summed E-state index contributed by atoms with van der Waals surface area (Å²) < 4.78 is 0.899. The molecule has 0 bridgehead atoms. The van der Waals surface area contributed by atoms with Gasteiger partial charge in [0.05, 0.1) is 4.34 Å². The van der Waals surface area contributed by atoms with Crippen molar-refractivity contribution < 1.29 is 0 Å². The Balaban J connectivity index is 1.91. The minimum absolute atomic E-state index is 0.517. The molecule has 1 aromatic heterocycles. The molecule has 3 heteroatoms. The lowest BCUT2D eigenvalue weighted by molar-refractivity contribution is 0.504. The molecule has 1 aliphatic rings. The normalized spacial score (nSPS) is 20.1. The first-order valence-corrected chi connectivity index (χ1v) is 7.26. The Bertz CT molecular complexity index is 291. The largest absolute Gasteiger partial charge is 0.127 e. The maximum absolute atomic E-state index is 5.92. The van der Waals surface area contributed by atoms with E-state index in [-0.39, 0.29) is 0 Å². The van der Waals surface area contributed by atoms with Crippen LogP contribution in [0.5, 0.6) is 0 Å². The van der Waals surface area contributed by atoms with E-state index in [1.807, 2.05) is 6.07 Å². The van der Waals surface area contributed by atoms with Crippen LogP contribution in [0.2, 0.25) is 4.34 Å². The van der Waals surface area contributed by atoms with Crippen LogP contribution in [-0.2, 0) is 0 Å². The van der Waals surface area contributed by atoms with Gasteiger partial charge in [-0.3, -0.25) is 0 Å². The number of hydrogen-bond acceptors (Lipinski definition) is 1. The first-order valence-electron chi connectivity index (χ1n) is 5.15. The van der Waals surface area contributed by atoms with Crippen molar-refractivity contribution in [2.75, 3.05) is 0 Å². The highest BCUT2D eigenvalue weighted by Crippen LogP contribution is 2.40. The zero-order valence-corrected chi connectivity index (χ0v) is 11.2. The molecule has 0 aliphatic heterocycles. The van der Waals surface area contributed by atoms with Gasteiger partial charge in [-0.05, 0) is 24.5 Å². The molecule has 14 heavy (non-hydrogen) atoms. The summed E-state index contributed by atoms with van der Waals surface area (Å²) in [4.78, 5) is 1.89. The summed E-state index contributed by atoms with van der Waals surface area (Å²) in [6, 6.07) is 4.13. The number of hydrogen-bond donors (Lipinski definition) is 0. The molecule has 0 radical (unpaired) electrons. The fourth-order valence-corrected chi connectivity index (χ4v) is 4.16. The fourth-order valence-electron chi connectivity index (χ4n) is 2.15. The topological polar surface area (TPSA) is 0 Å². The van der Waals surface area contributed by atoms with Crippen molar-refractivity contribution in [3.63, 3.8) is 0 Å². The van der Waals surface area contributed by atoms with Crippen LogP contribution in [0.25, 0.3) is 0 Å². The molecular weight excluding hydrogens is 280 g/mol. The summed E-state index contributed by atoms with van der Waals surface area (Å²) in [5, 5.41) is 0. The van der Waals surface area contributed by atoms with Gasteiger partial charge in [0, 0.05) is 9.70 Å². The molecule has 1 atom stereocenters. The van der Waals surface area contributed by atoms with Crippen molar-refractivity contribution in [3.8, 4) is 0 Å². The summed E-state index contributed by atoms with van der Waals surface area (Å²) in [7, 11) is 0. The highest BCUT2D eigenvalue weighted by molar-refractivity contribution is 9.09. The summed E-state index contributed by atoms with van der Waals surface area (Å²) in [6.45, 7) is 0.